The van der Waals surface area contributed by atoms with Gasteiger partial charge in [-0.1, -0.05) is 91.0 Å². The van der Waals surface area contributed by atoms with E-state index in [0.717, 1.165) is 16.7 Å². The second-order valence-corrected chi connectivity index (χ2v) is 10.6. The highest BCUT2D eigenvalue weighted by Crippen LogP contribution is 2.42. The maximum atomic E-state index is 14.2. The fourth-order valence-corrected chi connectivity index (χ4v) is 5.48. The van der Waals surface area contributed by atoms with E-state index in [1.807, 2.05) is 91.0 Å². The average molecular weight is 599 g/mol. The van der Waals surface area contributed by atoms with Crippen LogP contribution in [0.3, 0.4) is 0 Å². The first-order valence-electron chi connectivity index (χ1n) is 14.5. The van der Waals surface area contributed by atoms with Crippen LogP contribution in [-0.4, -0.2) is 28.2 Å². The Morgan fingerprint density at radius 2 is 1.33 bits per heavy atom. The van der Waals surface area contributed by atoms with Crippen LogP contribution in [0.4, 0.5) is 17.1 Å². The molecular formula is C36H30N4O5. The summed E-state index contributed by atoms with van der Waals surface area (Å²) >= 11 is 0. The molecule has 0 spiro atoms. The van der Waals surface area contributed by atoms with Gasteiger partial charge in [0.15, 0.2) is 6.61 Å². The first-order valence-corrected chi connectivity index (χ1v) is 14.5. The lowest BCUT2D eigenvalue weighted by Gasteiger charge is -2.46. The van der Waals surface area contributed by atoms with E-state index in [0.29, 0.717) is 23.7 Å². The number of hydrogen-bond acceptors (Lipinski definition) is 6. The van der Waals surface area contributed by atoms with Crippen molar-refractivity contribution in [2.45, 2.75) is 19.3 Å². The highest BCUT2D eigenvalue weighted by molar-refractivity contribution is 6.02. The highest BCUT2D eigenvalue weighted by atomic mass is 16.6. The molecule has 9 nitrogen and oxygen atoms in total. The quantitative estimate of drug-likeness (QED) is 0.137. The summed E-state index contributed by atoms with van der Waals surface area (Å²) < 4.78 is 5.77. The van der Waals surface area contributed by atoms with Gasteiger partial charge in [0.05, 0.1) is 16.2 Å². The largest absolute Gasteiger partial charge is 0.484 e. The molecule has 1 aliphatic heterocycles. The summed E-state index contributed by atoms with van der Waals surface area (Å²) in [6.07, 6.45) is -0.540. The van der Waals surface area contributed by atoms with Gasteiger partial charge in [0, 0.05) is 30.9 Å². The number of nitrogens with zero attached hydrogens (tertiary/aromatic N) is 3. The van der Waals surface area contributed by atoms with E-state index in [9.17, 15) is 19.7 Å². The molecule has 0 unspecified atom stereocenters. The maximum Gasteiger partial charge on any atom is 0.270 e. The van der Waals surface area contributed by atoms with E-state index in [1.54, 1.807) is 35.2 Å². The molecule has 0 aliphatic carbocycles. The zero-order valence-electron chi connectivity index (χ0n) is 24.3. The second-order valence-electron chi connectivity index (χ2n) is 10.6. The van der Waals surface area contributed by atoms with Crippen LogP contribution in [0.15, 0.2) is 133 Å². The van der Waals surface area contributed by atoms with E-state index >= 15 is 0 Å². The number of carbonyl (C=O) groups is 2. The second kappa shape index (κ2) is 13.1. The number of amides is 2. The smallest absolute Gasteiger partial charge is 0.270 e. The van der Waals surface area contributed by atoms with Crippen molar-refractivity contribution < 1.29 is 19.2 Å². The summed E-state index contributed by atoms with van der Waals surface area (Å²) in [5.74, 6) is -0.0777. The number of carbonyl (C=O) groups excluding carboxylic acids is 2. The molecule has 1 heterocycles. The Morgan fingerprint density at radius 1 is 0.756 bits per heavy atom. The van der Waals surface area contributed by atoms with E-state index in [-0.39, 0.29) is 36.2 Å². The molecule has 0 fully saturated rings. The molecule has 0 bridgehead atoms. The lowest BCUT2D eigenvalue weighted by Crippen LogP contribution is -2.48. The Bertz CT molecular complexity index is 1800. The van der Waals surface area contributed by atoms with Crippen LogP contribution in [0.5, 0.6) is 5.75 Å². The first-order chi connectivity index (χ1) is 22.0. The predicted octanol–water partition coefficient (Wildman–Crippen LogP) is 6.97. The van der Waals surface area contributed by atoms with Crippen LogP contribution in [0.25, 0.3) is 0 Å². The molecule has 9 heteroatoms. The van der Waals surface area contributed by atoms with E-state index < -0.39 is 11.1 Å². The molecule has 45 heavy (non-hydrogen) atoms. The van der Waals surface area contributed by atoms with Crippen molar-refractivity contribution >= 4 is 28.9 Å². The lowest BCUT2D eigenvalue weighted by atomic mass is 9.98. The minimum absolute atomic E-state index is 0.141. The van der Waals surface area contributed by atoms with Gasteiger partial charge < -0.3 is 19.9 Å². The van der Waals surface area contributed by atoms with E-state index in [2.05, 4.69) is 10.2 Å². The SMILES string of the molecule is O=C(COc1ccc([C@H]2N(Cc3ccccc3)C(=O)c3cc([N+](=O)[O-])ccc3N2Cc2ccccc2)cc1)Nc1ccccc1. The lowest BCUT2D eigenvalue weighted by molar-refractivity contribution is -0.384. The normalized spacial score (nSPS) is 14.0. The number of nitro benzene ring substituents is 1. The monoisotopic (exact) mass is 598 g/mol. The Morgan fingerprint density at radius 3 is 1.93 bits per heavy atom. The molecule has 1 N–H and O–H groups in total. The number of anilines is 2. The van der Waals surface area contributed by atoms with Gasteiger partial charge >= 0.3 is 0 Å². The number of nitro groups is 1. The van der Waals surface area contributed by atoms with E-state index in [1.165, 1.54) is 12.1 Å². The number of fused-ring (bicyclic) bond motifs is 1. The Balaban J connectivity index is 1.34. The van der Waals surface area contributed by atoms with Gasteiger partial charge in [-0.05, 0) is 47.0 Å². The average Bonchev–Trinajstić information content (AvgIpc) is 3.07. The first kappa shape index (κ1) is 29.1. The van der Waals surface area contributed by atoms with Gasteiger partial charge in [-0.15, -0.1) is 0 Å². The number of nitrogens with one attached hydrogen (secondary N) is 1. The molecule has 0 aromatic heterocycles. The third kappa shape index (κ3) is 6.67. The van der Waals surface area contributed by atoms with Crippen LogP contribution < -0.4 is 15.0 Å². The fraction of sp³-hybridized carbons (Fsp3) is 0.111. The maximum absolute atomic E-state index is 14.2. The third-order valence-electron chi connectivity index (χ3n) is 7.58. The number of hydrogen-bond donors (Lipinski definition) is 1. The van der Waals surface area contributed by atoms with Gasteiger partial charge in [-0.2, -0.15) is 0 Å². The van der Waals surface area contributed by atoms with Gasteiger partial charge in [-0.25, -0.2) is 0 Å². The summed E-state index contributed by atoms with van der Waals surface area (Å²) in [6.45, 7) is 0.574. The van der Waals surface area contributed by atoms with Gasteiger partial charge in [0.25, 0.3) is 17.5 Å². The van der Waals surface area contributed by atoms with Crippen molar-refractivity contribution in [1.29, 1.82) is 0 Å². The minimum atomic E-state index is -0.540. The fourth-order valence-electron chi connectivity index (χ4n) is 5.48. The molecule has 6 rings (SSSR count). The number of para-hydroxylation sites is 1. The van der Waals surface area contributed by atoms with Crippen molar-refractivity contribution in [3.8, 4) is 5.75 Å². The third-order valence-corrected chi connectivity index (χ3v) is 7.58. The number of non-ortho nitro benzene ring substituents is 1. The minimum Gasteiger partial charge on any atom is -0.484 e. The van der Waals surface area contributed by atoms with Crippen LogP contribution in [0.2, 0.25) is 0 Å². The highest BCUT2D eigenvalue weighted by Gasteiger charge is 2.39. The molecule has 224 valence electrons. The van der Waals surface area contributed by atoms with Crippen LogP contribution in [0, 0.1) is 10.1 Å². The van der Waals surface area contributed by atoms with Crippen molar-refractivity contribution in [3.63, 3.8) is 0 Å². The van der Waals surface area contributed by atoms with Gasteiger partial charge in [-0.3, -0.25) is 19.7 Å². The number of rotatable bonds is 10. The van der Waals surface area contributed by atoms with Gasteiger partial charge in [0.1, 0.15) is 11.9 Å². The molecule has 0 radical (unpaired) electrons. The molecular weight excluding hydrogens is 568 g/mol. The van der Waals surface area contributed by atoms with Crippen LogP contribution >= 0.6 is 0 Å². The standard InChI is InChI=1S/C36H30N4O5/c41-34(37-29-14-8-3-9-15-29)25-45-31-19-16-28(17-20-31)35-38(23-26-10-4-1-5-11-26)33-21-18-30(40(43)44)22-32(33)36(42)39(35)24-27-12-6-2-7-13-27/h1-22,35H,23-25H2,(H,37,41)/t35-/m1/s1. The summed E-state index contributed by atoms with van der Waals surface area (Å²) in [4.78, 5) is 41.6. The summed E-state index contributed by atoms with van der Waals surface area (Å²) in [5.41, 5.74) is 4.20. The molecule has 1 atom stereocenters. The van der Waals surface area contributed by atoms with Gasteiger partial charge in [0.2, 0.25) is 0 Å². The summed E-state index contributed by atoms with van der Waals surface area (Å²) in [6, 6.07) is 40.5. The number of benzene rings is 5. The van der Waals surface area contributed by atoms with Crippen molar-refractivity contribution in [3.05, 3.63) is 166 Å². The molecule has 5 aromatic rings. The van der Waals surface area contributed by atoms with Crippen molar-refractivity contribution in [2.75, 3.05) is 16.8 Å². The predicted molar refractivity (Wildman–Crippen MR) is 172 cm³/mol. The van der Waals surface area contributed by atoms with Crippen LogP contribution in [-0.2, 0) is 17.9 Å². The van der Waals surface area contributed by atoms with Crippen molar-refractivity contribution in [1.82, 2.24) is 4.90 Å². The topological polar surface area (TPSA) is 105 Å². The molecule has 0 saturated carbocycles. The Kier molecular flexibility index (Phi) is 8.50. The molecule has 1 aliphatic rings. The summed E-state index contributed by atoms with van der Waals surface area (Å²) in [7, 11) is 0. The zero-order valence-corrected chi connectivity index (χ0v) is 24.3. The molecule has 5 aromatic carbocycles. The Labute approximate surface area is 260 Å². The molecule has 0 saturated heterocycles. The zero-order chi connectivity index (χ0) is 31.2. The number of ether oxygens (including phenoxy) is 1. The Hall–Kier alpha value is -5.96. The summed E-state index contributed by atoms with van der Waals surface area (Å²) in [5, 5.41) is 14.5. The molecule has 2 amide bonds. The van der Waals surface area contributed by atoms with Crippen LogP contribution in [0.1, 0.15) is 33.2 Å². The van der Waals surface area contributed by atoms with E-state index in [4.69, 9.17) is 4.74 Å². The van der Waals surface area contributed by atoms with Crippen molar-refractivity contribution in [2.24, 2.45) is 0 Å².